The molecular formula is C18H19Cl2N3O3. The number of carbonyl (C=O) groups excluding carboxylic acids is 1. The zero-order valence-corrected chi connectivity index (χ0v) is 15.8. The van der Waals surface area contributed by atoms with E-state index in [0.29, 0.717) is 27.8 Å². The summed E-state index contributed by atoms with van der Waals surface area (Å²) >= 11 is 12.1. The van der Waals surface area contributed by atoms with E-state index in [1.165, 1.54) is 0 Å². The number of aromatic nitrogens is 2. The van der Waals surface area contributed by atoms with Crippen LogP contribution in [0.1, 0.15) is 42.1 Å². The molecule has 1 aliphatic heterocycles. The Morgan fingerprint density at radius 1 is 1.23 bits per heavy atom. The van der Waals surface area contributed by atoms with Crippen molar-refractivity contribution in [3.8, 4) is 0 Å². The second kappa shape index (κ2) is 7.68. The number of benzene rings is 1. The molecule has 0 bridgehead atoms. The Balaban J connectivity index is 1.74. The van der Waals surface area contributed by atoms with Gasteiger partial charge in [-0.1, -0.05) is 29.3 Å². The zero-order chi connectivity index (χ0) is 18.8. The molecule has 1 aliphatic rings. The largest absolute Gasteiger partial charge is 0.336 e. The van der Waals surface area contributed by atoms with Crippen LogP contribution in [0.4, 0.5) is 0 Å². The second-order valence-corrected chi connectivity index (χ2v) is 7.24. The van der Waals surface area contributed by atoms with Gasteiger partial charge >= 0.3 is 5.69 Å². The maximum absolute atomic E-state index is 12.7. The Morgan fingerprint density at radius 3 is 2.69 bits per heavy atom. The van der Waals surface area contributed by atoms with E-state index in [2.05, 4.69) is 9.97 Å². The van der Waals surface area contributed by atoms with Gasteiger partial charge in [-0.05, 0) is 43.9 Å². The van der Waals surface area contributed by atoms with Gasteiger partial charge in [-0.2, -0.15) is 0 Å². The van der Waals surface area contributed by atoms with E-state index in [4.69, 9.17) is 23.2 Å². The SMILES string of the molecule is Cc1[nH]c(=O)[nH]c(=O)c1CCC(=O)N1CCCC1c1ccc(Cl)c(Cl)c1. The van der Waals surface area contributed by atoms with Crippen LogP contribution >= 0.6 is 23.2 Å². The molecule has 1 atom stereocenters. The van der Waals surface area contributed by atoms with Crippen molar-refractivity contribution >= 4 is 29.1 Å². The van der Waals surface area contributed by atoms with Crippen LogP contribution in [0.15, 0.2) is 27.8 Å². The number of rotatable bonds is 4. The fourth-order valence-electron chi connectivity index (χ4n) is 3.43. The maximum atomic E-state index is 12.7. The quantitative estimate of drug-likeness (QED) is 0.833. The van der Waals surface area contributed by atoms with Gasteiger partial charge in [0.05, 0.1) is 16.1 Å². The predicted octanol–water partition coefficient (Wildman–Crippen LogP) is 2.97. The fraction of sp³-hybridized carbons (Fsp3) is 0.389. The van der Waals surface area contributed by atoms with Crippen LogP contribution in [0.5, 0.6) is 0 Å². The lowest BCUT2D eigenvalue weighted by Gasteiger charge is -2.25. The van der Waals surface area contributed by atoms with Gasteiger partial charge in [0.15, 0.2) is 0 Å². The molecule has 0 aliphatic carbocycles. The summed E-state index contributed by atoms with van der Waals surface area (Å²) in [7, 11) is 0. The van der Waals surface area contributed by atoms with E-state index in [1.807, 2.05) is 11.0 Å². The van der Waals surface area contributed by atoms with Crippen LogP contribution in [0.25, 0.3) is 0 Å². The minimum atomic E-state index is -0.540. The van der Waals surface area contributed by atoms with Crippen LogP contribution in [0.3, 0.4) is 0 Å². The van der Waals surface area contributed by atoms with Crippen molar-refractivity contribution in [3.63, 3.8) is 0 Å². The first-order chi connectivity index (χ1) is 12.4. The molecule has 1 saturated heterocycles. The third kappa shape index (κ3) is 3.86. The summed E-state index contributed by atoms with van der Waals surface area (Å²) in [6, 6.07) is 5.40. The number of amides is 1. The van der Waals surface area contributed by atoms with Crippen molar-refractivity contribution in [1.29, 1.82) is 0 Å². The molecule has 3 rings (SSSR count). The molecule has 0 spiro atoms. The van der Waals surface area contributed by atoms with Crippen molar-refractivity contribution in [1.82, 2.24) is 14.9 Å². The number of hydrogen-bond acceptors (Lipinski definition) is 3. The molecule has 1 unspecified atom stereocenters. The zero-order valence-electron chi connectivity index (χ0n) is 14.3. The molecule has 1 amide bonds. The summed E-state index contributed by atoms with van der Waals surface area (Å²) in [5, 5.41) is 0.956. The Bertz CT molecular complexity index is 951. The first kappa shape index (κ1) is 18.7. The lowest BCUT2D eigenvalue weighted by molar-refractivity contribution is -0.132. The number of nitrogens with one attached hydrogen (secondary N) is 2. The lowest BCUT2D eigenvalue weighted by atomic mass is 10.0. The highest BCUT2D eigenvalue weighted by atomic mass is 35.5. The van der Waals surface area contributed by atoms with Gasteiger partial charge in [0, 0.05) is 24.2 Å². The van der Waals surface area contributed by atoms with E-state index in [1.54, 1.807) is 19.1 Å². The molecule has 2 N–H and O–H groups in total. The number of likely N-dealkylation sites (tertiary alicyclic amines) is 1. The third-order valence-electron chi connectivity index (χ3n) is 4.75. The van der Waals surface area contributed by atoms with Gasteiger partial charge in [0.2, 0.25) is 5.91 Å². The lowest BCUT2D eigenvalue weighted by Crippen LogP contribution is -2.32. The van der Waals surface area contributed by atoms with Crippen molar-refractivity contribution in [2.45, 2.75) is 38.6 Å². The number of carbonyl (C=O) groups is 1. The molecule has 8 heteroatoms. The van der Waals surface area contributed by atoms with Gasteiger partial charge in [0.25, 0.3) is 5.56 Å². The van der Waals surface area contributed by atoms with Crippen molar-refractivity contribution < 1.29 is 4.79 Å². The number of nitrogens with zero attached hydrogens (tertiary/aromatic N) is 1. The molecule has 2 aromatic rings. The summed E-state index contributed by atoms with van der Waals surface area (Å²) in [6.45, 7) is 2.33. The highest BCUT2D eigenvalue weighted by Crippen LogP contribution is 2.35. The molecule has 1 aromatic heterocycles. The molecule has 26 heavy (non-hydrogen) atoms. The number of hydrogen-bond donors (Lipinski definition) is 2. The summed E-state index contributed by atoms with van der Waals surface area (Å²) in [5.74, 6) is -0.0245. The van der Waals surface area contributed by atoms with Crippen molar-refractivity contribution in [3.05, 3.63) is 65.9 Å². The number of aromatic amines is 2. The average Bonchev–Trinajstić information content (AvgIpc) is 3.06. The first-order valence-corrected chi connectivity index (χ1v) is 9.19. The van der Waals surface area contributed by atoms with Crippen molar-refractivity contribution in [2.75, 3.05) is 6.54 Å². The van der Waals surface area contributed by atoms with Gasteiger partial charge < -0.3 is 9.88 Å². The standard InChI is InChI=1S/C18H19Cl2N3O3/c1-10-12(17(25)22-18(26)21-10)5-7-16(24)23-8-2-3-15(23)11-4-6-13(19)14(20)9-11/h4,6,9,15H,2-3,5,7-8H2,1H3,(H2,21,22,25,26). The highest BCUT2D eigenvalue weighted by molar-refractivity contribution is 6.42. The van der Waals surface area contributed by atoms with Crippen LogP contribution in [0.2, 0.25) is 10.0 Å². The molecule has 2 heterocycles. The molecule has 138 valence electrons. The molecule has 1 fully saturated rings. The molecule has 0 saturated carbocycles. The molecular weight excluding hydrogens is 377 g/mol. The van der Waals surface area contributed by atoms with E-state index >= 15 is 0 Å². The van der Waals surface area contributed by atoms with Crippen molar-refractivity contribution in [2.24, 2.45) is 0 Å². The summed E-state index contributed by atoms with van der Waals surface area (Å²) in [6.07, 6.45) is 2.26. The van der Waals surface area contributed by atoms with E-state index in [9.17, 15) is 14.4 Å². The number of H-pyrrole nitrogens is 2. The minimum absolute atomic E-state index is 0.0245. The van der Waals surface area contributed by atoms with Gasteiger partial charge in [-0.15, -0.1) is 0 Å². The summed E-state index contributed by atoms with van der Waals surface area (Å²) in [5.41, 5.74) is 0.906. The van der Waals surface area contributed by atoms with Crippen LogP contribution in [0, 0.1) is 6.92 Å². The Hall–Kier alpha value is -2.05. The first-order valence-electron chi connectivity index (χ1n) is 8.43. The van der Waals surface area contributed by atoms with Gasteiger partial charge in [-0.25, -0.2) is 4.79 Å². The van der Waals surface area contributed by atoms with Crippen LogP contribution in [-0.2, 0) is 11.2 Å². The second-order valence-electron chi connectivity index (χ2n) is 6.43. The van der Waals surface area contributed by atoms with E-state index in [0.717, 1.165) is 18.4 Å². The minimum Gasteiger partial charge on any atom is -0.336 e. The Labute approximate surface area is 160 Å². The Morgan fingerprint density at radius 2 is 2.00 bits per heavy atom. The monoisotopic (exact) mass is 395 g/mol. The summed E-state index contributed by atoms with van der Waals surface area (Å²) < 4.78 is 0. The normalized spacial score (nSPS) is 16.9. The van der Waals surface area contributed by atoms with Gasteiger partial charge in [-0.3, -0.25) is 14.6 Å². The molecule has 0 radical (unpaired) electrons. The Kier molecular flexibility index (Phi) is 5.53. The molecule has 6 nitrogen and oxygen atoms in total. The third-order valence-corrected chi connectivity index (χ3v) is 5.48. The predicted molar refractivity (Wildman–Crippen MR) is 101 cm³/mol. The smallest absolute Gasteiger partial charge is 0.325 e. The number of aryl methyl sites for hydroxylation is 1. The van der Waals surface area contributed by atoms with Crippen LogP contribution in [-0.4, -0.2) is 27.3 Å². The highest BCUT2D eigenvalue weighted by Gasteiger charge is 2.30. The maximum Gasteiger partial charge on any atom is 0.325 e. The fourth-order valence-corrected chi connectivity index (χ4v) is 3.74. The van der Waals surface area contributed by atoms with E-state index in [-0.39, 0.29) is 24.8 Å². The van der Waals surface area contributed by atoms with Gasteiger partial charge in [0.1, 0.15) is 0 Å². The number of halogens is 2. The van der Waals surface area contributed by atoms with Crippen LogP contribution < -0.4 is 11.2 Å². The topological polar surface area (TPSA) is 86.0 Å². The van der Waals surface area contributed by atoms with E-state index < -0.39 is 11.2 Å². The molecule has 1 aromatic carbocycles. The average molecular weight is 396 g/mol. The summed E-state index contributed by atoms with van der Waals surface area (Å²) in [4.78, 5) is 42.5.